The maximum Gasteiger partial charge on any atom is 0.337 e. The molecule has 1 unspecified atom stereocenters. The molecule has 0 spiro atoms. The standard InChI is InChI=1S/C21H17F5N4O4S/c1-3-29-19(32)11(8-12(31)27-10-6-4-9(5-7-10)20(33)34-2)30(21(29)35)28-18-16(25)14(23)13(22)15(24)17(18)26/h4-7,11,28H,3,8H2,1-2H3,(H,27,31). The van der Waals surface area contributed by atoms with Gasteiger partial charge in [0.2, 0.25) is 11.7 Å². The summed E-state index contributed by atoms with van der Waals surface area (Å²) in [5, 5.41) is 2.84. The lowest BCUT2D eigenvalue weighted by Crippen LogP contribution is -2.42. The average Bonchev–Trinajstić information content (AvgIpc) is 3.07. The first-order chi connectivity index (χ1) is 16.5. The van der Waals surface area contributed by atoms with Gasteiger partial charge in [0, 0.05) is 12.2 Å². The van der Waals surface area contributed by atoms with Gasteiger partial charge < -0.3 is 10.1 Å². The van der Waals surface area contributed by atoms with Crippen molar-refractivity contribution >= 4 is 46.5 Å². The highest BCUT2D eigenvalue weighted by molar-refractivity contribution is 7.80. The first kappa shape index (κ1) is 25.8. The zero-order valence-corrected chi connectivity index (χ0v) is 18.9. The summed E-state index contributed by atoms with van der Waals surface area (Å²) in [5.41, 5.74) is 1.02. The predicted octanol–water partition coefficient (Wildman–Crippen LogP) is 3.34. The first-order valence-corrected chi connectivity index (χ1v) is 10.3. The molecule has 1 fully saturated rings. The summed E-state index contributed by atoms with van der Waals surface area (Å²) in [5.74, 6) is -13.1. The third kappa shape index (κ3) is 4.87. The zero-order valence-electron chi connectivity index (χ0n) is 18.1. The fourth-order valence-corrected chi connectivity index (χ4v) is 3.65. The molecule has 2 amide bonds. The molecule has 0 aromatic heterocycles. The normalized spacial score (nSPS) is 15.5. The highest BCUT2D eigenvalue weighted by Crippen LogP contribution is 2.30. The molecular weight excluding hydrogens is 499 g/mol. The Hall–Kier alpha value is -3.81. The number of nitrogens with zero attached hydrogens (tertiary/aromatic N) is 2. The minimum absolute atomic E-state index is 0.0139. The molecule has 0 bridgehead atoms. The number of carbonyl (C=O) groups excluding carboxylic acids is 3. The van der Waals surface area contributed by atoms with E-state index in [1.807, 2.05) is 5.43 Å². The van der Waals surface area contributed by atoms with Crippen LogP contribution in [0.15, 0.2) is 24.3 Å². The van der Waals surface area contributed by atoms with Crippen molar-refractivity contribution in [1.29, 1.82) is 0 Å². The molecule has 2 N–H and O–H groups in total. The number of hydrazine groups is 1. The lowest BCUT2D eigenvalue weighted by Gasteiger charge is -2.26. The number of hydrogen-bond acceptors (Lipinski definition) is 6. The van der Waals surface area contributed by atoms with Gasteiger partial charge in [0.15, 0.2) is 28.4 Å². The molecule has 0 radical (unpaired) electrons. The Morgan fingerprint density at radius 2 is 1.54 bits per heavy atom. The SMILES string of the molecule is CCN1C(=O)C(CC(=O)Nc2ccc(C(=O)OC)cc2)N(Nc2c(F)c(F)c(F)c(F)c2F)C1=S. The highest BCUT2D eigenvalue weighted by atomic mass is 32.1. The van der Waals surface area contributed by atoms with Crippen LogP contribution in [-0.2, 0) is 14.3 Å². The van der Waals surface area contributed by atoms with E-state index < -0.39 is 65.0 Å². The summed E-state index contributed by atoms with van der Waals surface area (Å²) in [7, 11) is 1.20. The van der Waals surface area contributed by atoms with Crippen molar-refractivity contribution in [1.82, 2.24) is 9.91 Å². The molecule has 1 heterocycles. The molecule has 186 valence electrons. The van der Waals surface area contributed by atoms with Crippen LogP contribution in [0.1, 0.15) is 23.7 Å². The van der Waals surface area contributed by atoms with E-state index in [0.29, 0.717) is 5.01 Å². The summed E-state index contributed by atoms with van der Waals surface area (Å²) in [4.78, 5) is 37.9. The van der Waals surface area contributed by atoms with Crippen molar-refractivity contribution in [3.63, 3.8) is 0 Å². The van der Waals surface area contributed by atoms with Gasteiger partial charge in [-0.15, -0.1) is 0 Å². The fourth-order valence-electron chi connectivity index (χ4n) is 3.26. The largest absolute Gasteiger partial charge is 0.465 e. The Labute approximate surface area is 200 Å². The van der Waals surface area contributed by atoms with Crippen LogP contribution >= 0.6 is 12.2 Å². The highest BCUT2D eigenvalue weighted by Gasteiger charge is 2.44. The summed E-state index contributed by atoms with van der Waals surface area (Å²) >= 11 is 5.11. The molecule has 1 saturated heterocycles. The predicted molar refractivity (Wildman–Crippen MR) is 116 cm³/mol. The Morgan fingerprint density at radius 1 is 1.00 bits per heavy atom. The maximum atomic E-state index is 14.2. The van der Waals surface area contributed by atoms with E-state index in [1.54, 1.807) is 0 Å². The van der Waals surface area contributed by atoms with E-state index in [2.05, 4.69) is 10.1 Å². The fraction of sp³-hybridized carbons (Fsp3) is 0.238. The smallest absolute Gasteiger partial charge is 0.337 e. The Bertz CT molecular complexity index is 1180. The number of benzene rings is 2. The second-order valence-electron chi connectivity index (χ2n) is 7.13. The van der Waals surface area contributed by atoms with Crippen LogP contribution in [0, 0.1) is 29.1 Å². The number of methoxy groups -OCH3 is 1. The zero-order chi connectivity index (χ0) is 26.0. The molecule has 1 atom stereocenters. The Morgan fingerprint density at radius 3 is 2.06 bits per heavy atom. The number of esters is 1. The monoisotopic (exact) mass is 516 g/mol. The van der Waals surface area contributed by atoms with Crippen LogP contribution in [-0.4, -0.2) is 52.5 Å². The lowest BCUT2D eigenvalue weighted by atomic mass is 10.1. The maximum absolute atomic E-state index is 14.2. The minimum Gasteiger partial charge on any atom is -0.465 e. The summed E-state index contributed by atoms with van der Waals surface area (Å²) in [6, 6.07) is 4.09. The van der Waals surface area contributed by atoms with Crippen molar-refractivity contribution in [2.24, 2.45) is 0 Å². The van der Waals surface area contributed by atoms with Gasteiger partial charge in [0.25, 0.3) is 5.91 Å². The van der Waals surface area contributed by atoms with Crippen molar-refractivity contribution in [2.75, 3.05) is 24.4 Å². The van der Waals surface area contributed by atoms with Gasteiger partial charge in [0.1, 0.15) is 11.7 Å². The second-order valence-corrected chi connectivity index (χ2v) is 7.49. The molecule has 2 aromatic rings. The number of amides is 2. The van der Waals surface area contributed by atoms with Gasteiger partial charge in [-0.25, -0.2) is 31.8 Å². The molecule has 1 aliphatic heterocycles. The van der Waals surface area contributed by atoms with E-state index >= 15 is 0 Å². The van der Waals surface area contributed by atoms with Crippen molar-refractivity contribution < 1.29 is 41.1 Å². The van der Waals surface area contributed by atoms with E-state index in [1.165, 1.54) is 38.3 Å². The summed E-state index contributed by atoms with van der Waals surface area (Å²) in [6.45, 7) is 1.55. The van der Waals surface area contributed by atoms with E-state index in [0.717, 1.165) is 4.90 Å². The molecule has 0 saturated carbocycles. The van der Waals surface area contributed by atoms with E-state index in [9.17, 15) is 36.3 Å². The van der Waals surface area contributed by atoms with Crippen LogP contribution in [0.4, 0.5) is 33.3 Å². The molecule has 8 nitrogen and oxygen atoms in total. The van der Waals surface area contributed by atoms with E-state index in [4.69, 9.17) is 12.2 Å². The number of halogens is 5. The topological polar surface area (TPSA) is 91.0 Å². The number of ether oxygens (including phenoxy) is 1. The number of thiocarbonyl (C=S) groups is 1. The van der Waals surface area contributed by atoms with Gasteiger partial charge >= 0.3 is 5.97 Å². The molecule has 0 aliphatic carbocycles. The van der Waals surface area contributed by atoms with Gasteiger partial charge in [-0.1, -0.05) is 0 Å². The Kier molecular flexibility index (Phi) is 7.53. The van der Waals surface area contributed by atoms with Crippen molar-refractivity contribution in [3.05, 3.63) is 58.9 Å². The molecule has 3 rings (SSSR count). The number of carbonyl (C=O) groups is 3. The van der Waals surface area contributed by atoms with Gasteiger partial charge in [0.05, 0.1) is 19.1 Å². The quantitative estimate of drug-likeness (QED) is 0.192. The molecule has 2 aromatic carbocycles. The second kappa shape index (κ2) is 10.2. The van der Waals surface area contributed by atoms with Gasteiger partial charge in [-0.3, -0.25) is 19.9 Å². The summed E-state index contributed by atoms with van der Waals surface area (Å²) in [6.07, 6.45) is -0.601. The number of rotatable bonds is 7. The lowest BCUT2D eigenvalue weighted by molar-refractivity contribution is -0.130. The number of hydrogen-bond donors (Lipinski definition) is 2. The van der Waals surface area contributed by atoms with Gasteiger partial charge in [-0.2, -0.15) is 0 Å². The van der Waals surface area contributed by atoms with Crippen molar-refractivity contribution in [2.45, 2.75) is 19.4 Å². The third-order valence-corrected chi connectivity index (χ3v) is 5.44. The number of nitrogens with one attached hydrogen (secondary N) is 2. The minimum atomic E-state index is -2.35. The third-order valence-electron chi connectivity index (χ3n) is 5.03. The van der Waals surface area contributed by atoms with Crippen LogP contribution in [0.3, 0.4) is 0 Å². The average molecular weight is 516 g/mol. The van der Waals surface area contributed by atoms with Crippen molar-refractivity contribution in [3.8, 4) is 0 Å². The van der Waals surface area contributed by atoms with Crippen LogP contribution < -0.4 is 10.7 Å². The molecule has 35 heavy (non-hydrogen) atoms. The molecule has 14 heteroatoms. The van der Waals surface area contributed by atoms with Crippen LogP contribution in [0.25, 0.3) is 0 Å². The summed E-state index contributed by atoms with van der Waals surface area (Å²) < 4.78 is 73.6. The van der Waals surface area contributed by atoms with E-state index in [-0.39, 0.29) is 22.9 Å². The van der Waals surface area contributed by atoms with Crippen LogP contribution in [0.5, 0.6) is 0 Å². The van der Waals surface area contributed by atoms with Crippen LogP contribution in [0.2, 0.25) is 0 Å². The number of likely N-dealkylation sites (N-methyl/N-ethyl adjacent to an activating group) is 1. The molecular formula is C21H17F5N4O4S. The Balaban J connectivity index is 1.84. The van der Waals surface area contributed by atoms with Gasteiger partial charge in [-0.05, 0) is 43.4 Å². The molecule has 1 aliphatic rings. The first-order valence-electron chi connectivity index (χ1n) is 9.92. The number of anilines is 2.